The minimum absolute atomic E-state index is 0.108. The molecule has 4 heterocycles. The number of piperazine rings is 1. The van der Waals surface area contributed by atoms with Gasteiger partial charge in [-0.2, -0.15) is 5.10 Å². The molecule has 0 bridgehead atoms. The van der Waals surface area contributed by atoms with Gasteiger partial charge in [-0.15, -0.1) is 5.12 Å². The summed E-state index contributed by atoms with van der Waals surface area (Å²) in [5.41, 5.74) is 1.13. The highest BCUT2D eigenvalue weighted by molar-refractivity contribution is 6.01. The molecule has 1 aromatic carbocycles. The maximum Gasteiger partial charge on any atom is 0.275 e. The lowest BCUT2D eigenvalue weighted by Crippen LogP contribution is -2.61. The van der Waals surface area contributed by atoms with Crippen LogP contribution in [0.25, 0.3) is 10.9 Å². The molecule has 5 rings (SSSR count). The van der Waals surface area contributed by atoms with Crippen LogP contribution in [0.3, 0.4) is 0 Å². The lowest BCUT2D eigenvalue weighted by molar-refractivity contribution is -0.167. The highest BCUT2D eigenvalue weighted by atomic mass is 19.3. The number of aryl methyl sites for hydroxylation is 1. The van der Waals surface area contributed by atoms with E-state index < -0.39 is 35.5 Å². The number of benzene rings is 1. The van der Waals surface area contributed by atoms with Crippen LogP contribution in [-0.4, -0.2) is 82.8 Å². The van der Waals surface area contributed by atoms with E-state index in [1.165, 1.54) is 10.7 Å². The smallest absolute Gasteiger partial charge is 0.275 e. The summed E-state index contributed by atoms with van der Waals surface area (Å²) in [5.74, 6) is -6.18. The van der Waals surface area contributed by atoms with Crippen LogP contribution in [0.4, 0.5) is 23.3 Å². The van der Waals surface area contributed by atoms with E-state index in [4.69, 9.17) is 0 Å². The number of carbonyl (C=O) groups excluding carboxylic acids is 2. The number of rotatable bonds is 3. The van der Waals surface area contributed by atoms with Gasteiger partial charge in [0.2, 0.25) is 0 Å². The SMILES string of the molecule is Cn1nc(C2CCC(=O)N(F)C2=O)c2cc(F)c(N3CCN(C4CCNCC4(F)F)CC3)cc21. The number of piperidine rings is 2. The van der Waals surface area contributed by atoms with Crippen LogP contribution in [0, 0.1) is 5.82 Å². The van der Waals surface area contributed by atoms with Crippen LogP contribution >= 0.6 is 0 Å². The van der Waals surface area contributed by atoms with Crippen molar-refractivity contribution in [3.8, 4) is 0 Å². The third kappa shape index (κ3) is 3.82. The largest absolute Gasteiger partial charge is 0.367 e. The summed E-state index contributed by atoms with van der Waals surface area (Å²) >= 11 is 0. The van der Waals surface area contributed by atoms with E-state index in [1.807, 2.05) is 4.90 Å². The first-order valence-corrected chi connectivity index (χ1v) is 11.4. The molecule has 12 heteroatoms. The first-order valence-electron chi connectivity index (χ1n) is 11.4. The van der Waals surface area contributed by atoms with Gasteiger partial charge in [-0.25, -0.2) is 13.2 Å². The minimum Gasteiger partial charge on any atom is -0.367 e. The number of hydrogen-bond donors (Lipinski definition) is 1. The van der Waals surface area contributed by atoms with Crippen molar-refractivity contribution in [1.29, 1.82) is 0 Å². The van der Waals surface area contributed by atoms with E-state index in [9.17, 15) is 22.9 Å². The monoisotopic (exact) mass is 482 g/mol. The van der Waals surface area contributed by atoms with Crippen LogP contribution < -0.4 is 10.2 Å². The van der Waals surface area contributed by atoms with Gasteiger partial charge in [0.1, 0.15) is 5.82 Å². The number of aromatic nitrogens is 2. The molecule has 1 aromatic heterocycles. The van der Waals surface area contributed by atoms with Crippen LogP contribution in [0.5, 0.6) is 0 Å². The molecule has 34 heavy (non-hydrogen) atoms. The first-order chi connectivity index (χ1) is 16.2. The Morgan fingerprint density at radius 3 is 2.56 bits per heavy atom. The number of nitrogens with zero attached hydrogens (tertiary/aromatic N) is 5. The number of hydrogen-bond acceptors (Lipinski definition) is 6. The number of carbonyl (C=O) groups is 2. The zero-order valence-electron chi connectivity index (χ0n) is 18.7. The summed E-state index contributed by atoms with van der Waals surface area (Å²) < 4.78 is 59.3. The van der Waals surface area contributed by atoms with Crippen molar-refractivity contribution < 1.29 is 27.2 Å². The molecular formula is C22H26F4N6O2. The molecule has 0 aliphatic carbocycles. The Hall–Kier alpha value is -2.73. The zero-order valence-corrected chi connectivity index (χ0v) is 18.7. The molecule has 2 atom stereocenters. The van der Waals surface area contributed by atoms with Crippen LogP contribution in [0.2, 0.25) is 0 Å². The summed E-state index contributed by atoms with van der Waals surface area (Å²) in [4.78, 5) is 27.4. The maximum absolute atomic E-state index is 15.2. The van der Waals surface area contributed by atoms with Gasteiger partial charge in [-0.1, -0.05) is 4.48 Å². The van der Waals surface area contributed by atoms with Crippen LogP contribution in [0.1, 0.15) is 30.9 Å². The second-order valence-electron chi connectivity index (χ2n) is 9.20. The van der Waals surface area contributed by atoms with Gasteiger partial charge in [-0.3, -0.25) is 19.2 Å². The highest BCUT2D eigenvalue weighted by Gasteiger charge is 2.45. The summed E-state index contributed by atoms with van der Waals surface area (Å²) in [6.45, 7) is 1.80. The third-order valence-corrected chi connectivity index (χ3v) is 7.17. The fraction of sp³-hybridized carbons (Fsp3) is 0.591. The van der Waals surface area contributed by atoms with E-state index in [-0.39, 0.29) is 30.2 Å². The molecule has 2 amide bonds. The number of nitrogens with one attached hydrogen (secondary N) is 1. The molecule has 0 spiro atoms. The molecule has 0 saturated carbocycles. The summed E-state index contributed by atoms with van der Waals surface area (Å²) in [6, 6.07) is 2.09. The lowest BCUT2D eigenvalue weighted by atomic mass is 9.92. The second-order valence-corrected chi connectivity index (χ2v) is 9.20. The van der Waals surface area contributed by atoms with Crippen molar-refractivity contribution in [2.75, 3.05) is 44.2 Å². The fourth-order valence-corrected chi connectivity index (χ4v) is 5.34. The molecule has 3 saturated heterocycles. The van der Waals surface area contributed by atoms with Crippen molar-refractivity contribution in [3.05, 3.63) is 23.6 Å². The molecule has 1 N–H and O–H groups in total. The van der Waals surface area contributed by atoms with Gasteiger partial charge in [0, 0.05) is 45.0 Å². The Morgan fingerprint density at radius 2 is 1.85 bits per heavy atom. The third-order valence-electron chi connectivity index (χ3n) is 7.17. The number of fused-ring (bicyclic) bond motifs is 1. The Balaban J connectivity index is 1.38. The average molecular weight is 482 g/mol. The standard InChI is InChI=1S/C22H26F4N6O2/c1-29-16-11-17(30-6-8-31(9-7-30)18-4-5-27-12-22(18,24)25)15(23)10-14(16)20(28-29)13-2-3-19(33)32(26)21(13)34/h10-11,13,18,27H,2-9,12H2,1H3. The Labute approximate surface area is 193 Å². The topological polar surface area (TPSA) is 73.7 Å². The van der Waals surface area contributed by atoms with E-state index in [0.717, 1.165) is 0 Å². The summed E-state index contributed by atoms with van der Waals surface area (Å²) in [6.07, 6.45) is 0.343. The molecule has 3 aliphatic rings. The average Bonchev–Trinajstić information content (AvgIpc) is 3.12. The van der Waals surface area contributed by atoms with E-state index in [1.54, 1.807) is 18.0 Å². The number of alkyl halides is 2. The summed E-state index contributed by atoms with van der Waals surface area (Å²) in [5, 5.41) is 7.09. The van der Waals surface area contributed by atoms with Gasteiger partial charge in [0.15, 0.2) is 0 Å². The van der Waals surface area contributed by atoms with Gasteiger partial charge in [0.25, 0.3) is 17.7 Å². The first kappa shape index (κ1) is 23.0. The fourth-order valence-electron chi connectivity index (χ4n) is 5.34. The normalized spacial score (nSPS) is 26.5. The van der Waals surface area contributed by atoms with E-state index >= 15 is 4.39 Å². The molecule has 0 radical (unpaired) electrons. The number of amides is 2. The van der Waals surface area contributed by atoms with Crippen molar-refractivity contribution in [2.24, 2.45) is 7.05 Å². The van der Waals surface area contributed by atoms with Crippen molar-refractivity contribution in [2.45, 2.75) is 37.1 Å². The second kappa shape index (κ2) is 8.49. The van der Waals surface area contributed by atoms with Crippen molar-refractivity contribution >= 4 is 28.4 Å². The van der Waals surface area contributed by atoms with Gasteiger partial charge in [0.05, 0.1) is 35.4 Å². The Kier molecular flexibility index (Phi) is 5.75. The number of imide groups is 1. The Bertz CT molecular complexity index is 1130. The molecule has 3 fully saturated rings. The molecule has 2 aromatic rings. The van der Waals surface area contributed by atoms with Crippen molar-refractivity contribution in [3.63, 3.8) is 0 Å². The van der Waals surface area contributed by atoms with Gasteiger partial charge < -0.3 is 10.2 Å². The zero-order chi connectivity index (χ0) is 24.2. The van der Waals surface area contributed by atoms with Gasteiger partial charge in [-0.05, 0) is 31.5 Å². The Morgan fingerprint density at radius 1 is 1.12 bits per heavy atom. The van der Waals surface area contributed by atoms with Crippen molar-refractivity contribution in [1.82, 2.24) is 25.1 Å². The van der Waals surface area contributed by atoms with E-state index in [2.05, 4.69) is 10.4 Å². The maximum atomic E-state index is 15.2. The van der Waals surface area contributed by atoms with E-state index in [0.29, 0.717) is 55.7 Å². The lowest BCUT2D eigenvalue weighted by Gasteiger charge is -2.44. The predicted octanol–water partition coefficient (Wildman–Crippen LogP) is 1.95. The predicted molar refractivity (Wildman–Crippen MR) is 116 cm³/mol. The molecule has 184 valence electrons. The summed E-state index contributed by atoms with van der Waals surface area (Å²) in [7, 11) is 1.65. The number of halogens is 4. The van der Waals surface area contributed by atoms with Gasteiger partial charge >= 0.3 is 0 Å². The quantitative estimate of drug-likeness (QED) is 0.410. The molecule has 8 nitrogen and oxygen atoms in total. The molecular weight excluding hydrogens is 456 g/mol. The molecule has 2 unspecified atom stereocenters. The van der Waals surface area contributed by atoms with Crippen LogP contribution in [0.15, 0.2) is 12.1 Å². The minimum atomic E-state index is -2.80. The molecule has 3 aliphatic heterocycles. The van der Waals surface area contributed by atoms with Crippen LogP contribution in [-0.2, 0) is 16.6 Å². The highest BCUT2D eigenvalue weighted by Crippen LogP contribution is 2.36. The number of anilines is 1.